The zero-order chi connectivity index (χ0) is 13.8. The molecule has 0 saturated carbocycles. The van der Waals surface area contributed by atoms with Gasteiger partial charge in [0.15, 0.2) is 0 Å². The van der Waals surface area contributed by atoms with Crippen LogP contribution in [0.2, 0.25) is 0 Å². The molecule has 0 spiro atoms. The third-order valence-corrected chi connectivity index (χ3v) is 3.14. The first-order chi connectivity index (χ1) is 9.08. The van der Waals surface area contributed by atoms with E-state index in [0.29, 0.717) is 10.2 Å². The second kappa shape index (κ2) is 5.75. The summed E-state index contributed by atoms with van der Waals surface area (Å²) >= 11 is 3.27. The molecule has 98 valence electrons. The summed E-state index contributed by atoms with van der Waals surface area (Å²) in [7, 11) is 0. The van der Waals surface area contributed by atoms with Crippen molar-refractivity contribution in [2.75, 3.05) is 0 Å². The third kappa shape index (κ3) is 3.26. The number of carboxylic acids is 1. The van der Waals surface area contributed by atoms with Gasteiger partial charge in [0, 0.05) is 0 Å². The van der Waals surface area contributed by atoms with Crippen molar-refractivity contribution >= 4 is 21.9 Å². The first kappa shape index (κ1) is 13.4. The minimum Gasteiger partial charge on any atom is -0.508 e. The smallest absolute Gasteiger partial charge is 0.339 e. The van der Waals surface area contributed by atoms with Gasteiger partial charge >= 0.3 is 5.97 Å². The number of phenolic OH excluding ortho intramolecular Hbond substituents is 1. The molecule has 0 aliphatic carbocycles. The number of halogens is 1. The van der Waals surface area contributed by atoms with Gasteiger partial charge < -0.3 is 14.9 Å². The normalized spacial score (nSPS) is 10.2. The van der Waals surface area contributed by atoms with E-state index in [9.17, 15) is 9.90 Å². The molecule has 0 heterocycles. The lowest BCUT2D eigenvalue weighted by atomic mass is 10.2. The summed E-state index contributed by atoms with van der Waals surface area (Å²) in [5.41, 5.74) is 0.943. The van der Waals surface area contributed by atoms with E-state index in [0.717, 1.165) is 5.56 Å². The molecule has 0 aliphatic rings. The van der Waals surface area contributed by atoms with Crippen LogP contribution in [0, 0.1) is 0 Å². The molecule has 5 heteroatoms. The number of ether oxygens (including phenoxy) is 1. The number of carbonyl (C=O) groups is 1. The number of hydrogen-bond donors (Lipinski definition) is 2. The van der Waals surface area contributed by atoms with E-state index in [1.807, 2.05) is 0 Å². The highest BCUT2D eigenvalue weighted by atomic mass is 79.9. The molecule has 2 aromatic rings. The van der Waals surface area contributed by atoms with Crippen molar-refractivity contribution in [3.8, 4) is 11.5 Å². The van der Waals surface area contributed by atoms with Crippen molar-refractivity contribution in [2.45, 2.75) is 6.61 Å². The highest BCUT2D eigenvalue weighted by molar-refractivity contribution is 9.10. The van der Waals surface area contributed by atoms with Gasteiger partial charge in [-0.05, 0) is 45.8 Å². The molecule has 4 nitrogen and oxygen atoms in total. The van der Waals surface area contributed by atoms with Crippen molar-refractivity contribution in [2.24, 2.45) is 0 Å². The quantitative estimate of drug-likeness (QED) is 0.905. The van der Waals surface area contributed by atoms with E-state index in [-0.39, 0.29) is 17.9 Å². The molecule has 2 rings (SSSR count). The van der Waals surface area contributed by atoms with Gasteiger partial charge in [-0.3, -0.25) is 0 Å². The average molecular weight is 323 g/mol. The van der Waals surface area contributed by atoms with Crippen LogP contribution in [0.1, 0.15) is 15.9 Å². The lowest BCUT2D eigenvalue weighted by Gasteiger charge is -2.11. The van der Waals surface area contributed by atoms with Gasteiger partial charge in [-0.15, -0.1) is 0 Å². The molecule has 19 heavy (non-hydrogen) atoms. The second-order valence-corrected chi connectivity index (χ2v) is 4.73. The molecule has 2 aromatic carbocycles. The zero-order valence-electron chi connectivity index (χ0n) is 9.84. The number of carboxylic acid groups (broad SMARTS) is 1. The summed E-state index contributed by atoms with van der Waals surface area (Å²) in [6.07, 6.45) is 0. The summed E-state index contributed by atoms with van der Waals surface area (Å²) in [6.45, 7) is 0.225. The Hall–Kier alpha value is -2.01. The fourth-order valence-electron chi connectivity index (χ4n) is 1.57. The number of benzene rings is 2. The molecular weight excluding hydrogens is 312 g/mol. The van der Waals surface area contributed by atoms with Crippen LogP contribution < -0.4 is 4.74 Å². The fourth-order valence-corrected chi connectivity index (χ4v) is 2.05. The highest BCUT2D eigenvalue weighted by Gasteiger charge is 2.14. The van der Waals surface area contributed by atoms with Gasteiger partial charge in [0.05, 0.1) is 4.47 Å². The van der Waals surface area contributed by atoms with E-state index < -0.39 is 5.97 Å². The first-order valence-corrected chi connectivity index (χ1v) is 6.30. The molecule has 0 atom stereocenters. The van der Waals surface area contributed by atoms with E-state index in [2.05, 4.69) is 15.9 Å². The monoisotopic (exact) mass is 322 g/mol. The van der Waals surface area contributed by atoms with Gasteiger partial charge in [-0.25, -0.2) is 4.79 Å². The van der Waals surface area contributed by atoms with E-state index in [1.165, 1.54) is 6.07 Å². The molecular formula is C14H11BrO4. The van der Waals surface area contributed by atoms with Crippen molar-refractivity contribution in [3.63, 3.8) is 0 Å². The van der Waals surface area contributed by atoms with E-state index >= 15 is 0 Å². The van der Waals surface area contributed by atoms with Gasteiger partial charge in [0.1, 0.15) is 23.7 Å². The molecule has 0 radical (unpaired) electrons. The summed E-state index contributed by atoms with van der Waals surface area (Å²) < 4.78 is 6.13. The predicted molar refractivity (Wildman–Crippen MR) is 73.5 cm³/mol. The van der Waals surface area contributed by atoms with Gasteiger partial charge in [-0.2, -0.15) is 0 Å². The van der Waals surface area contributed by atoms with E-state index in [1.54, 1.807) is 36.4 Å². The number of aromatic carboxylic acids is 1. The Bertz CT molecular complexity index is 593. The number of para-hydroxylation sites is 1. The molecule has 2 N–H and O–H groups in total. The summed E-state index contributed by atoms with van der Waals surface area (Å²) in [5.74, 6) is -0.569. The Kier molecular flexibility index (Phi) is 4.06. The van der Waals surface area contributed by atoms with Crippen molar-refractivity contribution in [1.29, 1.82) is 0 Å². The van der Waals surface area contributed by atoms with Crippen LogP contribution in [0.15, 0.2) is 46.9 Å². The third-order valence-electron chi connectivity index (χ3n) is 2.52. The molecule has 0 fully saturated rings. The Morgan fingerprint density at radius 2 is 1.84 bits per heavy atom. The summed E-state index contributed by atoms with van der Waals surface area (Å²) in [6, 6.07) is 11.4. The Balaban J connectivity index is 2.19. The summed E-state index contributed by atoms with van der Waals surface area (Å²) in [4.78, 5) is 11.1. The largest absolute Gasteiger partial charge is 0.508 e. The summed E-state index contributed by atoms with van der Waals surface area (Å²) in [5, 5.41) is 18.3. The SMILES string of the molecule is O=C(O)c1cccc(Br)c1OCc1ccc(O)cc1. The minimum absolute atomic E-state index is 0.105. The average Bonchev–Trinajstić information content (AvgIpc) is 2.39. The molecule has 0 bridgehead atoms. The van der Waals surface area contributed by atoms with Crippen LogP contribution in [0.3, 0.4) is 0 Å². The molecule has 0 saturated heterocycles. The first-order valence-electron chi connectivity index (χ1n) is 5.50. The van der Waals surface area contributed by atoms with Crippen LogP contribution >= 0.6 is 15.9 Å². The standard InChI is InChI=1S/C14H11BrO4/c15-12-3-1-2-11(14(17)18)13(12)19-8-9-4-6-10(16)7-5-9/h1-7,16H,8H2,(H,17,18). The minimum atomic E-state index is -1.04. The Morgan fingerprint density at radius 3 is 2.47 bits per heavy atom. The maximum atomic E-state index is 11.1. The Labute approximate surface area is 118 Å². The second-order valence-electron chi connectivity index (χ2n) is 3.88. The van der Waals surface area contributed by atoms with Gasteiger partial charge in [0.25, 0.3) is 0 Å². The number of hydrogen-bond acceptors (Lipinski definition) is 3. The molecule has 0 aromatic heterocycles. The van der Waals surface area contributed by atoms with E-state index in [4.69, 9.17) is 9.84 Å². The Morgan fingerprint density at radius 1 is 1.16 bits per heavy atom. The van der Waals surface area contributed by atoms with Crippen LogP contribution in [0.4, 0.5) is 0 Å². The van der Waals surface area contributed by atoms with Crippen LogP contribution in [-0.4, -0.2) is 16.2 Å². The van der Waals surface area contributed by atoms with Crippen molar-refractivity contribution < 1.29 is 19.7 Å². The lowest BCUT2D eigenvalue weighted by molar-refractivity contribution is 0.0691. The van der Waals surface area contributed by atoms with Crippen molar-refractivity contribution in [1.82, 2.24) is 0 Å². The number of rotatable bonds is 4. The molecule has 0 aliphatic heterocycles. The zero-order valence-corrected chi connectivity index (χ0v) is 11.4. The highest BCUT2D eigenvalue weighted by Crippen LogP contribution is 2.30. The predicted octanol–water partition coefficient (Wildman–Crippen LogP) is 3.43. The van der Waals surface area contributed by atoms with Crippen LogP contribution in [0.25, 0.3) is 0 Å². The fraction of sp³-hybridized carbons (Fsp3) is 0.0714. The molecule has 0 amide bonds. The number of phenols is 1. The molecule has 0 unspecified atom stereocenters. The maximum Gasteiger partial charge on any atom is 0.339 e. The van der Waals surface area contributed by atoms with Crippen LogP contribution in [0.5, 0.6) is 11.5 Å². The van der Waals surface area contributed by atoms with Gasteiger partial charge in [-0.1, -0.05) is 18.2 Å². The topological polar surface area (TPSA) is 66.8 Å². The van der Waals surface area contributed by atoms with Crippen LogP contribution in [-0.2, 0) is 6.61 Å². The van der Waals surface area contributed by atoms with Crippen molar-refractivity contribution in [3.05, 3.63) is 58.1 Å². The number of aromatic hydroxyl groups is 1. The van der Waals surface area contributed by atoms with Gasteiger partial charge in [0.2, 0.25) is 0 Å². The maximum absolute atomic E-state index is 11.1. The lowest BCUT2D eigenvalue weighted by Crippen LogP contribution is -2.04.